The monoisotopic (exact) mass is 461 g/mol. The first-order chi connectivity index (χ1) is 15.8. The zero-order valence-electron chi connectivity index (χ0n) is 17.0. The summed E-state index contributed by atoms with van der Waals surface area (Å²) in [4.78, 5) is 23.3. The Labute approximate surface area is 184 Å². The Morgan fingerprint density at radius 2 is 1.94 bits per heavy atom. The number of carboxylic acid groups (broad SMARTS) is 1. The third-order valence-electron chi connectivity index (χ3n) is 5.41. The standard InChI is InChI=1S/C21H18F3N5O4/c22-21(23,24)33-13-2-3-14-15(10-13)26-19(25-14)28-20-27-16-9-11(18(30)31)1-4-17(16)29(20)12-5-7-32-8-6-12/h1-4,9-10,12H,5-8H2,(H,30,31)(H2,25,26,27,28). The van der Waals surface area contributed by atoms with Gasteiger partial charge in [0.05, 0.1) is 27.6 Å². The van der Waals surface area contributed by atoms with Crippen LogP contribution in [0.5, 0.6) is 5.75 Å². The average Bonchev–Trinajstić information content (AvgIpc) is 3.32. The predicted molar refractivity (Wildman–Crippen MR) is 112 cm³/mol. The van der Waals surface area contributed by atoms with Crippen LogP contribution in [-0.2, 0) is 4.74 Å². The van der Waals surface area contributed by atoms with Gasteiger partial charge in [-0.2, -0.15) is 0 Å². The number of hydrogen-bond acceptors (Lipinski definition) is 6. The largest absolute Gasteiger partial charge is 0.573 e. The van der Waals surface area contributed by atoms with Gasteiger partial charge in [-0.05, 0) is 43.2 Å². The van der Waals surface area contributed by atoms with Crippen LogP contribution >= 0.6 is 0 Å². The predicted octanol–water partition coefficient (Wildman–Crippen LogP) is 4.60. The Morgan fingerprint density at radius 1 is 1.15 bits per heavy atom. The number of alkyl halides is 3. The first kappa shape index (κ1) is 21.1. The van der Waals surface area contributed by atoms with Crippen molar-refractivity contribution in [1.82, 2.24) is 19.5 Å². The van der Waals surface area contributed by atoms with E-state index in [0.717, 1.165) is 18.4 Å². The number of ether oxygens (including phenoxy) is 2. The number of anilines is 2. The van der Waals surface area contributed by atoms with Crippen molar-refractivity contribution in [2.24, 2.45) is 0 Å². The van der Waals surface area contributed by atoms with E-state index in [2.05, 4.69) is 25.0 Å². The summed E-state index contributed by atoms with van der Waals surface area (Å²) in [5.74, 6) is -0.705. The highest BCUT2D eigenvalue weighted by Gasteiger charge is 2.31. The molecule has 4 aromatic rings. The van der Waals surface area contributed by atoms with E-state index in [4.69, 9.17) is 4.74 Å². The zero-order valence-corrected chi connectivity index (χ0v) is 17.0. The number of nitrogens with zero attached hydrogens (tertiary/aromatic N) is 3. The van der Waals surface area contributed by atoms with Crippen molar-refractivity contribution in [2.45, 2.75) is 25.2 Å². The smallest absolute Gasteiger partial charge is 0.478 e. The molecule has 3 N–H and O–H groups in total. The Kier molecular flexibility index (Phi) is 5.08. The molecule has 0 saturated carbocycles. The van der Waals surface area contributed by atoms with E-state index in [0.29, 0.717) is 35.7 Å². The molecule has 0 unspecified atom stereocenters. The second kappa shape index (κ2) is 7.96. The van der Waals surface area contributed by atoms with Gasteiger partial charge in [0.25, 0.3) is 0 Å². The molecule has 0 spiro atoms. The fourth-order valence-corrected chi connectivity index (χ4v) is 3.98. The molecule has 1 aliphatic rings. The van der Waals surface area contributed by atoms with Gasteiger partial charge in [-0.1, -0.05) is 0 Å². The maximum atomic E-state index is 12.5. The van der Waals surface area contributed by atoms with Crippen LogP contribution in [0.15, 0.2) is 36.4 Å². The molecule has 2 aromatic carbocycles. The summed E-state index contributed by atoms with van der Waals surface area (Å²) >= 11 is 0. The van der Waals surface area contributed by atoms with Crippen molar-refractivity contribution < 1.29 is 32.5 Å². The van der Waals surface area contributed by atoms with Gasteiger partial charge in [-0.25, -0.2) is 14.8 Å². The zero-order chi connectivity index (χ0) is 23.2. The number of nitrogens with one attached hydrogen (secondary N) is 2. The number of imidazole rings is 2. The molecule has 3 heterocycles. The molecule has 33 heavy (non-hydrogen) atoms. The highest BCUT2D eigenvalue weighted by Crippen LogP contribution is 2.33. The van der Waals surface area contributed by atoms with Crippen molar-refractivity contribution in [3.05, 3.63) is 42.0 Å². The summed E-state index contributed by atoms with van der Waals surface area (Å²) in [7, 11) is 0. The minimum Gasteiger partial charge on any atom is -0.478 e. The number of carbonyl (C=O) groups is 1. The van der Waals surface area contributed by atoms with E-state index in [1.807, 2.05) is 4.57 Å². The fourth-order valence-electron chi connectivity index (χ4n) is 3.98. The summed E-state index contributed by atoms with van der Waals surface area (Å²) in [6.45, 7) is 1.17. The lowest BCUT2D eigenvalue weighted by Crippen LogP contribution is -2.20. The molecule has 0 amide bonds. The average molecular weight is 461 g/mol. The number of halogens is 3. The molecule has 12 heteroatoms. The number of aromatic nitrogens is 4. The molecule has 1 fully saturated rings. The van der Waals surface area contributed by atoms with Gasteiger partial charge in [-0.3, -0.25) is 5.32 Å². The maximum Gasteiger partial charge on any atom is 0.573 e. The Morgan fingerprint density at radius 3 is 2.67 bits per heavy atom. The Hall–Kier alpha value is -3.80. The molecule has 172 valence electrons. The van der Waals surface area contributed by atoms with Crippen LogP contribution in [0.1, 0.15) is 29.2 Å². The van der Waals surface area contributed by atoms with Gasteiger partial charge in [0.15, 0.2) is 0 Å². The van der Waals surface area contributed by atoms with Gasteiger partial charge in [0.1, 0.15) is 5.75 Å². The highest BCUT2D eigenvalue weighted by atomic mass is 19.4. The molecule has 0 atom stereocenters. The van der Waals surface area contributed by atoms with Crippen LogP contribution in [0.25, 0.3) is 22.1 Å². The summed E-state index contributed by atoms with van der Waals surface area (Å²) in [5, 5.41) is 12.4. The molecule has 1 saturated heterocycles. The summed E-state index contributed by atoms with van der Waals surface area (Å²) < 4.78 is 49.0. The lowest BCUT2D eigenvalue weighted by atomic mass is 10.1. The van der Waals surface area contributed by atoms with Gasteiger partial charge < -0.3 is 24.1 Å². The van der Waals surface area contributed by atoms with E-state index >= 15 is 0 Å². The molecule has 0 radical (unpaired) electrons. The van der Waals surface area contributed by atoms with E-state index in [1.54, 1.807) is 6.07 Å². The minimum absolute atomic E-state index is 0.0677. The van der Waals surface area contributed by atoms with E-state index in [-0.39, 0.29) is 23.3 Å². The first-order valence-corrected chi connectivity index (χ1v) is 10.1. The first-order valence-electron chi connectivity index (χ1n) is 10.1. The van der Waals surface area contributed by atoms with Crippen molar-refractivity contribution in [1.29, 1.82) is 0 Å². The second-order valence-electron chi connectivity index (χ2n) is 7.59. The lowest BCUT2D eigenvalue weighted by Gasteiger charge is -2.25. The number of H-pyrrole nitrogens is 1. The molecule has 1 aliphatic heterocycles. The number of benzene rings is 2. The molecule has 9 nitrogen and oxygen atoms in total. The molecule has 5 rings (SSSR count). The summed E-state index contributed by atoms with van der Waals surface area (Å²) in [5.41, 5.74) is 2.16. The van der Waals surface area contributed by atoms with Gasteiger partial charge in [0, 0.05) is 25.3 Å². The number of fused-ring (bicyclic) bond motifs is 2. The van der Waals surface area contributed by atoms with Crippen molar-refractivity contribution in [2.75, 3.05) is 18.5 Å². The van der Waals surface area contributed by atoms with E-state index < -0.39 is 12.3 Å². The highest BCUT2D eigenvalue weighted by molar-refractivity contribution is 5.93. The minimum atomic E-state index is -4.79. The van der Waals surface area contributed by atoms with E-state index in [1.165, 1.54) is 30.3 Å². The molecule has 0 aliphatic carbocycles. The quantitative estimate of drug-likeness (QED) is 0.398. The fraction of sp³-hybridized carbons (Fsp3) is 0.286. The number of aromatic carboxylic acids is 1. The number of hydrogen-bond donors (Lipinski definition) is 3. The van der Waals surface area contributed by atoms with Crippen LogP contribution in [0.2, 0.25) is 0 Å². The Bertz CT molecular complexity index is 1340. The van der Waals surface area contributed by atoms with Crippen molar-refractivity contribution >= 4 is 39.9 Å². The van der Waals surface area contributed by atoms with Gasteiger partial charge in [-0.15, -0.1) is 13.2 Å². The summed E-state index contributed by atoms with van der Waals surface area (Å²) in [6, 6.07) is 8.61. The normalized spacial score (nSPS) is 15.2. The number of rotatable bonds is 5. The van der Waals surface area contributed by atoms with Crippen LogP contribution in [0.4, 0.5) is 25.1 Å². The number of carboxylic acids is 1. The Balaban J connectivity index is 1.53. The van der Waals surface area contributed by atoms with Crippen molar-refractivity contribution in [3.8, 4) is 5.75 Å². The van der Waals surface area contributed by atoms with Crippen LogP contribution in [0.3, 0.4) is 0 Å². The van der Waals surface area contributed by atoms with Gasteiger partial charge >= 0.3 is 12.3 Å². The summed E-state index contributed by atoms with van der Waals surface area (Å²) in [6.07, 6.45) is -3.30. The van der Waals surface area contributed by atoms with Crippen LogP contribution in [-0.4, -0.2) is 50.2 Å². The van der Waals surface area contributed by atoms with Gasteiger partial charge in [0.2, 0.25) is 11.9 Å². The molecular weight excluding hydrogens is 443 g/mol. The maximum absolute atomic E-state index is 12.5. The molecule has 0 bridgehead atoms. The van der Waals surface area contributed by atoms with E-state index in [9.17, 15) is 23.1 Å². The number of aromatic amines is 1. The lowest BCUT2D eigenvalue weighted by molar-refractivity contribution is -0.274. The third-order valence-corrected chi connectivity index (χ3v) is 5.41. The topological polar surface area (TPSA) is 114 Å². The van der Waals surface area contributed by atoms with Crippen LogP contribution < -0.4 is 10.1 Å². The second-order valence-corrected chi connectivity index (χ2v) is 7.59. The SMILES string of the molecule is O=C(O)c1ccc2c(c1)nc(Nc1nc3ccc(OC(F)(F)F)cc3[nH]1)n2C1CCOCC1. The third kappa shape index (κ3) is 4.29. The molecular formula is C21H18F3N5O4. The van der Waals surface area contributed by atoms with Crippen LogP contribution in [0, 0.1) is 0 Å². The molecule has 2 aromatic heterocycles. The van der Waals surface area contributed by atoms with Crippen molar-refractivity contribution in [3.63, 3.8) is 0 Å².